The summed E-state index contributed by atoms with van der Waals surface area (Å²) in [5, 5.41) is 18.5. The quantitative estimate of drug-likeness (QED) is 0.810. The van der Waals surface area contributed by atoms with E-state index >= 15 is 0 Å². The van der Waals surface area contributed by atoms with Gasteiger partial charge in [0, 0.05) is 6.42 Å². The second kappa shape index (κ2) is 8.98. The van der Waals surface area contributed by atoms with Crippen LogP contribution in [0, 0.1) is 5.41 Å². The van der Waals surface area contributed by atoms with E-state index in [2.05, 4.69) is 0 Å². The minimum absolute atomic E-state index is 0.0354. The second-order valence-corrected chi connectivity index (χ2v) is 6.16. The summed E-state index contributed by atoms with van der Waals surface area (Å²) in [5.41, 5.74) is -0.808. The van der Waals surface area contributed by atoms with Crippen LogP contribution in [0.3, 0.4) is 0 Å². The molecule has 2 N–H and O–H groups in total. The van der Waals surface area contributed by atoms with E-state index < -0.39 is 17.4 Å². The molecule has 0 radical (unpaired) electrons. The Morgan fingerprint density at radius 1 is 0.750 bits per heavy atom. The van der Waals surface area contributed by atoms with Crippen molar-refractivity contribution < 1.29 is 19.8 Å². The Kier molecular flexibility index (Phi) is 7.63. The Morgan fingerprint density at radius 3 is 1.50 bits per heavy atom. The fourth-order valence-corrected chi connectivity index (χ4v) is 3.21. The Labute approximate surface area is 121 Å². The minimum Gasteiger partial charge on any atom is -0.481 e. The van der Waals surface area contributed by atoms with Crippen LogP contribution in [0.2, 0.25) is 0 Å². The molecule has 116 valence electrons. The summed E-state index contributed by atoms with van der Waals surface area (Å²) in [4.78, 5) is 22.5. The molecule has 20 heavy (non-hydrogen) atoms. The molecule has 0 saturated heterocycles. The van der Waals surface area contributed by atoms with Gasteiger partial charge in [0.15, 0.2) is 0 Å². The Balaban J connectivity index is 2.67. The molecule has 1 saturated carbocycles. The predicted octanol–water partition coefficient (Wildman–Crippen LogP) is 4.23. The summed E-state index contributed by atoms with van der Waals surface area (Å²) < 4.78 is 0. The van der Waals surface area contributed by atoms with Gasteiger partial charge in [0.1, 0.15) is 0 Å². The maximum Gasteiger partial charge on any atom is 0.309 e. The van der Waals surface area contributed by atoms with Gasteiger partial charge >= 0.3 is 11.9 Å². The molecule has 0 aromatic heterocycles. The van der Waals surface area contributed by atoms with Gasteiger partial charge in [0.2, 0.25) is 0 Å². The first-order chi connectivity index (χ1) is 9.57. The molecule has 0 unspecified atom stereocenters. The van der Waals surface area contributed by atoms with Crippen molar-refractivity contribution >= 4 is 11.9 Å². The smallest absolute Gasteiger partial charge is 0.309 e. The molecule has 4 heteroatoms. The summed E-state index contributed by atoms with van der Waals surface area (Å²) in [5.74, 6) is -1.69. The highest BCUT2D eigenvalue weighted by Crippen LogP contribution is 2.37. The van der Waals surface area contributed by atoms with E-state index in [4.69, 9.17) is 5.11 Å². The summed E-state index contributed by atoms with van der Waals surface area (Å²) in [6.07, 6.45) is 11.6. The number of carbonyl (C=O) groups is 2. The van der Waals surface area contributed by atoms with E-state index in [-0.39, 0.29) is 12.8 Å². The Morgan fingerprint density at radius 2 is 1.15 bits per heavy atom. The molecule has 0 aromatic rings. The Bertz CT molecular complexity index is 300. The van der Waals surface area contributed by atoms with E-state index in [0.717, 1.165) is 25.7 Å². The van der Waals surface area contributed by atoms with Gasteiger partial charge in [-0.05, 0) is 19.3 Å². The third-order valence-corrected chi connectivity index (χ3v) is 4.58. The standard InChI is InChI=1S/C16H28O4/c17-14(18)10-13-16(15(19)20)11-8-6-4-2-1-3-5-7-9-12-16/h1-13H2,(H,17,18)(H,19,20). The first-order valence-electron chi connectivity index (χ1n) is 8.02. The molecule has 0 heterocycles. The highest BCUT2D eigenvalue weighted by atomic mass is 16.4. The van der Waals surface area contributed by atoms with E-state index in [1.54, 1.807) is 0 Å². The molecule has 0 bridgehead atoms. The van der Waals surface area contributed by atoms with Gasteiger partial charge in [-0.1, -0.05) is 57.8 Å². The molecule has 4 nitrogen and oxygen atoms in total. The Hall–Kier alpha value is -1.06. The van der Waals surface area contributed by atoms with Crippen molar-refractivity contribution in [1.29, 1.82) is 0 Å². The van der Waals surface area contributed by atoms with Crippen LogP contribution >= 0.6 is 0 Å². The third-order valence-electron chi connectivity index (χ3n) is 4.58. The zero-order valence-electron chi connectivity index (χ0n) is 12.4. The molecule has 1 aliphatic carbocycles. The fourth-order valence-electron chi connectivity index (χ4n) is 3.21. The van der Waals surface area contributed by atoms with Crippen molar-refractivity contribution in [3.05, 3.63) is 0 Å². The van der Waals surface area contributed by atoms with Crippen molar-refractivity contribution in [3.63, 3.8) is 0 Å². The zero-order valence-corrected chi connectivity index (χ0v) is 12.4. The number of aliphatic carboxylic acids is 2. The maximum absolute atomic E-state index is 11.7. The molecule has 0 atom stereocenters. The van der Waals surface area contributed by atoms with Gasteiger partial charge in [0.25, 0.3) is 0 Å². The lowest BCUT2D eigenvalue weighted by Gasteiger charge is -2.29. The van der Waals surface area contributed by atoms with Crippen LogP contribution in [0.25, 0.3) is 0 Å². The van der Waals surface area contributed by atoms with Crippen LogP contribution in [-0.4, -0.2) is 22.2 Å². The lowest BCUT2D eigenvalue weighted by atomic mass is 9.74. The maximum atomic E-state index is 11.7. The number of rotatable bonds is 4. The monoisotopic (exact) mass is 284 g/mol. The van der Waals surface area contributed by atoms with Gasteiger partial charge in [-0.2, -0.15) is 0 Å². The molecular formula is C16H28O4. The highest BCUT2D eigenvalue weighted by molar-refractivity contribution is 5.76. The highest BCUT2D eigenvalue weighted by Gasteiger charge is 2.37. The van der Waals surface area contributed by atoms with Crippen LogP contribution in [-0.2, 0) is 9.59 Å². The third kappa shape index (κ3) is 5.93. The largest absolute Gasteiger partial charge is 0.481 e. The zero-order chi connectivity index (χ0) is 14.8. The molecule has 1 aliphatic rings. The summed E-state index contributed by atoms with van der Waals surface area (Å²) in [6, 6.07) is 0. The van der Waals surface area contributed by atoms with Crippen LogP contribution in [0.15, 0.2) is 0 Å². The van der Waals surface area contributed by atoms with Crippen LogP contribution in [0.5, 0.6) is 0 Å². The summed E-state index contributed by atoms with van der Waals surface area (Å²) in [6.45, 7) is 0. The number of carboxylic acids is 2. The van der Waals surface area contributed by atoms with Gasteiger partial charge in [-0.25, -0.2) is 0 Å². The first-order valence-corrected chi connectivity index (χ1v) is 8.02. The van der Waals surface area contributed by atoms with E-state index in [9.17, 15) is 14.7 Å². The molecule has 0 amide bonds. The van der Waals surface area contributed by atoms with Crippen molar-refractivity contribution in [2.45, 2.75) is 83.5 Å². The van der Waals surface area contributed by atoms with Gasteiger partial charge in [-0.3, -0.25) is 9.59 Å². The number of hydrogen-bond donors (Lipinski definition) is 2. The minimum atomic E-state index is -0.892. The average molecular weight is 284 g/mol. The van der Waals surface area contributed by atoms with Crippen LogP contribution < -0.4 is 0 Å². The van der Waals surface area contributed by atoms with E-state index in [1.165, 1.54) is 32.1 Å². The van der Waals surface area contributed by atoms with E-state index in [0.29, 0.717) is 12.8 Å². The fraction of sp³-hybridized carbons (Fsp3) is 0.875. The summed E-state index contributed by atoms with van der Waals surface area (Å²) >= 11 is 0. The van der Waals surface area contributed by atoms with Gasteiger partial charge in [-0.15, -0.1) is 0 Å². The SMILES string of the molecule is O=C(O)CCC1(C(=O)O)CCCCCCCCCCC1. The number of hydrogen-bond acceptors (Lipinski definition) is 2. The van der Waals surface area contributed by atoms with Crippen LogP contribution in [0.1, 0.15) is 83.5 Å². The normalized spacial score (nSPS) is 21.4. The molecule has 1 fully saturated rings. The first kappa shape index (κ1) is 17.0. The topological polar surface area (TPSA) is 74.6 Å². The molecule has 0 spiro atoms. The number of carboxylic acid groups (broad SMARTS) is 2. The average Bonchev–Trinajstić information content (AvgIpc) is 2.38. The molecule has 0 aromatic carbocycles. The van der Waals surface area contributed by atoms with Crippen LogP contribution in [0.4, 0.5) is 0 Å². The van der Waals surface area contributed by atoms with E-state index in [1.807, 2.05) is 0 Å². The second-order valence-electron chi connectivity index (χ2n) is 6.16. The molecule has 1 rings (SSSR count). The van der Waals surface area contributed by atoms with Crippen molar-refractivity contribution in [1.82, 2.24) is 0 Å². The van der Waals surface area contributed by atoms with Crippen molar-refractivity contribution in [2.24, 2.45) is 5.41 Å². The molecule has 0 aliphatic heterocycles. The lowest BCUT2D eigenvalue weighted by Crippen LogP contribution is -2.32. The summed E-state index contributed by atoms with van der Waals surface area (Å²) in [7, 11) is 0. The van der Waals surface area contributed by atoms with Gasteiger partial charge in [0.05, 0.1) is 5.41 Å². The predicted molar refractivity (Wildman–Crippen MR) is 77.7 cm³/mol. The molecular weight excluding hydrogens is 256 g/mol. The van der Waals surface area contributed by atoms with Gasteiger partial charge < -0.3 is 10.2 Å². The lowest BCUT2D eigenvalue weighted by molar-refractivity contribution is -0.151. The van der Waals surface area contributed by atoms with Crippen molar-refractivity contribution in [3.8, 4) is 0 Å². The van der Waals surface area contributed by atoms with Crippen molar-refractivity contribution in [2.75, 3.05) is 0 Å².